The molecule has 8 N–H and O–H groups in total. The van der Waals surface area contributed by atoms with E-state index in [2.05, 4.69) is 45.3 Å². The molecule has 0 radical (unpaired) electrons. The van der Waals surface area contributed by atoms with Gasteiger partial charge < -0.3 is 41.3 Å². The molecule has 71 heavy (non-hydrogen) atoms. The molecule has 0 bridgehead atoms. The molecule has 0 aliphatic heterocycles. The third-order valence-electron chi connectivity index (χ3n) is 17.6. The number of carboxylic acids is 4. The van der Waals surface area contributed by atoms with E-state index in [9.17, 15) is 49.2 Å². The zero-order chi connectivity index (χ0) is 52.1. The van der Waals surface area contributed by atoms with Crippen LogP contribution in [-0.2, 0) is 19.2 Å². The van der Waals surface area contributed by atoms with Crippen LogP contribution in [0.1, 0.15) is 182 Å². The normalized spacial score (nSPS) is 27.0. The number of benzene rings is 2. The van der Waals surface area contributed by atoms with Crippen molar-refractivity contribution < 1.29 is 59.4 Å². The van der Waals surface area contributed by atoms with Crippen LogP contribution in [0.25, 0.3) is 5.57 Å². The van der Waals surface area contributed by atoms with E-state index in [1.54, 1.807) is 0 Å². The predicted octanol–water partition coefficient (Wildman–Crippen LogP) is 11.4. The van der Waals surface area contributed by atoms with Crippen molar-refractivity contribution >= 4 is 64.5 Å². The summed E-state index contributed by atoms with van der Waals surface area (Å²) in [6.07, 6.45) is 16.4. The number of phenolic OH excluding ortho intramolecular Hbond substituents is 2. The number of carbonyl (C=O) groups is 6. The predicted molar refractivity (Wildman–Crippen MR) is 271 cm³/mol. The molecule has 2 amide bonds. The molecule has 4 saturated carbocycles. The second kappa shape index (κ2) is 23.4. The lowest BCUT2D eigenvalue weighted by molar-refractivity contribution is -0.142. The third kappa shape index (κ3) is 12.7. The zero-order valence-corrected chi connectivity index (χ0v) is 43.3. The average Bonchev–Trinajstić information content (AvgIpc) is 3.66. The first-order valence-electron chi connectivity index (χ1n) is 25.7. The number of nitrogens with one attached hydrogen (secondary N) is 2. The Balaban J connectivity index is 1.26. The van der Waals surface area contributed by atoms with Crippen molar-refractivity contribution in [3.8, 4) is 11.5 Å². The summed E-state index contributed by atoms with van der Waals surface area (Å²) in [4.78, 5) is 73.8. The van der Waals surface area contributed by atoms with Gasteiger partial charge in [-0.15, -0.1) is 0 Å². The van der Waals surface area contributed by atoms with Crippen molar-refractivity contribution in [2.24, 2.45) is 58.2 Å². The maximum Gasteiger partial charge on any atom is 0.326 e. The molecule has 11 atom stereocenters. The highest BCUT2D eigenvalue weighted by molar-refractivity contribution is 6.33. The number of carboxylic acid groups (broad SMARTS) is 4. The Morgan fingerprint density at radius 3 is 1.70 bits per heavy atom. The lowest BCUT2D eigenvalue weighted by Crippen LogP contribution is -2.53. The van der Waals surface area contributed by atoms with Gasteiger partial charge in [0.15, 0.2) is 0 Å². The fourth-order valence-electron chi connectivity index (χ4n) is 13.9. The molecular formula is C55H74Cl2N2O12. The number of allylic oxidation sites excluding steroid dienone is 1. The van der Waals surface area contributed by atoms with E-state index in [-0.39, 0.29) is 26.6 Å². The monoisotopic (exact) mass is 1020 g/mol. The molecule has 4 aliphatic carbocycles. The van der Waals surface area contributed by atoms with Crippen molar-refractivity contribution in [1.82, 2.24) is 10.6 Å². The highest BCUT2D eigenvalue weighted by Gasteiger charge is 2.60. The van der Waals surface area contributed by atoms with Gasteiger partial charge in [-0.1, -0.05) is 83.2 Å². The SMILES string of the molecule is CC(C)CCCC(C)[C@H]1CC[C@H]2[C@@H]3CC[C@H]4C[C@@H](CCC=C(c5cc(Cl)c(O)c(C(=O)N[C@@H](CCC(=O)O)C(=O)O)c5)c5cc(Cl)c(O)c(C(=O)N[C@@H](CCC(=O)O)C(=O)O)c5)CC[C@]4(C)[C@H]3CC[C@]12C. The number of hydrogen-bond acceptors (Lipinski definition) is 8. The fraction of sp³-hybridized carbons (Fsp3) is 0.636. The van der Waals surface area contributed by atoms with E-state index in [1.165, 1.54) is 82.1 Å². The van der Waals surface area contributed by atoms with Crippen LogP contribution in [0.2, 0.25) is 10.0 Å². The van der Waals surface area contributed by atoms with Crippen LogP contribution in [0.5, 0.6) is 11.5 Å². The molecule has 0 saturated heterocycles. The van der Waals surface area contributed by atoms with Crippen molar-refractivity contribution in [3.05, 3.63) is 62.6 Å². The van der Waals surface area contributed by atoms with Gasteiger partial charge in [0.1, 0.15) is 23.6 Å². The minimum Gasteiger partial charge on any atom is -0.506 e. The molecule has 4 aliphatic rings. The molecular weight excluding hydrogens is 952 g/mol. The number of aliphatic carboxylic acids is 4. The van der Waals surface area contributed by atoms with E-state index in [0.717, 1.165) is 61.2 Å². The van der Waals surface area contributed by atoms with Gasteiger partial charge in [0, 0.05) is 12.8 Å². The Labute approximate surface area is 427 Å². The van der Waals surface area contributed by atoms with E-state index in [0.29, 0.717) is 29.2 Å². The van der Waals surface area contributed by atoms with Crippen LogP contribution in [0, 0.1) is 58.2 Å². The molecule has 4 fully saturated rings. The van der Waals surface area contributed by atoms with Gasteiger partial charge in [0.05, 0.1) is 21.2 Å². The minimum atomic E-state index is -1.61. The molecule has 2 aromatic rings. The zero-order valence-electron chi connectivity index (χ0n) is 41.8. The highest BCUT2D eigenvalue weighted by Crippen LogP contribution is 2.69. The molecule has 16 heteroatoms. The van der Waals surface area contributed by atoms with E-state index >= 15 is 0 Å². The van der Waals surface area contributed by atoms with Crippen LogP contribution in [0.15, 0.2) is 30.3 Å². The largest absolute Gasteiger partial charge is 0.506 e. The van der Waals surface area contributed by atoms with Crippen molar-refractivity contribution in [2.75, 3.05) is 0 Å². The van der Waals surface area contributed by atoms with Crippen LogP contribution < -0.4 is 10.6 Å². The first-order valence-corrected chi connectivity index (χ1v) is 26.5. The fourth-order valence-corrected chi connectivity index (χ4v) is 14.3. The molecule has 14 nitrogen and oxygen atoms in total. The van der Waals surface area contributed by atoms with Crippen LogP contribution >= 0.6 is 23.2 Å². The summed E-state index contributed by atoms with van der Waals surface area (Å²) in [5.74, 6) is -3.31. The highest BCUT2D eigenvalue weighted by atomic mass is 35.5. The molecule has 2 aromatic carbocycles. The number of amides is 2. The van der Waals surface area contributed by atoms with E-state index in [1.807, 2.05) is 6.08 Å². The quantitative estimate of drug-likeness (QED) is 0.0549. The van der Waals surface area contributed by atoms with Crippen molar-refractivity contribution in [2.45, 2.75) is 162 Å². The standard InChI is InChI=1S/C55H74Cl2N2O12/c1-29(2)8-6-9-30(3)39-14-15-40-36-13-12-34-24-31(20-22-54(34,4)41(36)21-23-55(39,40)5)10-7-11-35(32-25-37(48(64)42(56)27-32)50(66)58-44(52(68)69)16-18-46(60)61)33-26-38(49(65)43(57)28-33)51(67)59-45(53(70)71)17-19-47(62)63/h11,25-31,34,36,39-41,44-45,64-65H,6-10,12-24H2,1-5H3,(H,58,66)(H,59,67)(H,60,61)(H,62,63)(H,68,69)(H,70,71)/t30?,31-,34-,36-,39+,40-,41-,44-,45-,54-,55+/m0/s1. The van der Waals surface area contributed by atoms with Gasteiger partial charge in [-0.3, -0.25) is 19.2 Å². The summed E-state index contributed by atoms with van der Waals surface area (Å²) >= 11 is 13.1. The second-order valence-corrected chi connectivity index (χ2v) is 23.1. The molecule has 390 valence electrons. The average molecular weight is 1030 g/mol. The summed E-state index contributed by atoms with van der Waals surface area (Å²) < 4.78 is 0. The topological polar surface area (TPSA) is 248 Å². The number of aromatic hydroxyl groups is 2. The van der Waals surface area contributed by atoms with Gasteiger partial charge in [-0.25, -0.2) is 9.59 Å². The maximum atomic E-state index is 13.6. The van der Waals surface area contributed by atoms with E-state index < -0.39 is 96.1 Å². The van der Waals surface area contributed by atoms with Gasteiger partial charge in [0.2, 0.25) is 0 Å². The van der Waals surface area contributed by atoms with Crippen LogP contribution in [0.4, 0.5) is 0 Å². The van der Waals surface area contributed by atoms with E-state index in [4.69, 9.17) is 33.4 Å². The Morgan fingerprint density at radius 2 is 1.20 bits per heavy atom. The molecule has 0 heterocycles. The molecule has 0 aromatic heterocycles. The first kappa shape index (κ1) is 55.5. The summed E-state index contributed by atoms with van der Waals surface area (Å²) in [5.41, 5.74) is 0.724. The Hall–Kier alpha value is -4.82. The Bertz CT molecular complexity index is 2260. The number of rotatable bonds is 22. The number of carbonyl (C=O) groups excluding carboxylic acids is 2. The first-order chi connectivity index (χ1) is 33.4. The summed E-state index contributed by atoms with van der Waals surface area (Å²) in [7, 11) is 0. The Morgan fingerprint density at radius 1 is 0.676 bits per heavy atom. The maximum absolute atomic E-state index is 13.6. The van der Waals surface area contributed by atoms with Gasteiger partial charge in [-0.2, -0.15) is 0 Å². The Kier molecular flexibility index (Phi) is 18.3. The molecule has 1 unspecified atom stereocenters. The summed E-state index contributed by atoms with van der Waals surface area (Å²) in [6.45, 7) is 12.4. The van der Waals surface area contributed by atoms with Crippen molar-refractivity contribution in [1.29, 1.82) is 0 Å². The second-order valence-electron chi connectivity index (χ2n) is 22.3. The molecule has 0 spiro atoms. The summed E-state index contributed by atoms with van der Waals surface area (Å²) in [6, 6.07) is 2.10. The lowest BCUT2D eigenvalue weighted by Gasteiger charge is -2.61. The number of phenols is 2. The third-order valence-corrected chi connectivity index (χ3v) is 18.2. The number of hydrogen-bond donors (Lipinski definition) is 8. The van der Waals surface area contributed by atoms with Gasteiger partial charge >= 0.3 is 23.9 Å². The molecule has 6 rings (SSSR count). The summed E-state index contributed by atoms with van der Waals surface area (Å²) in [5, 5.41) is 63.9. The number of halogens is 2. The number of fused-ring (bicyclic) bond motifs is 5. The van der Waals surface area contributed by atoms with Gasteiger partial charge in [-0.05, 0) is 183 Å². The van der Waals surface area contributed by atoms with Crippen molar-refractivity contribution in [3.63, 3.8) is 0 Å². The minimum absolute atomic E-state index is 0.242. The van der Waals surface area contributed by atoms with Crippen LogP contribution in [0.3, 0.4) is 0 Å². The van der Waals surface area contributed by atoms with Gasteiger partial charge in [0.25, 0.3) is 11.8 Å². The smallest absolute Gasteiger partial charge is 0.326 e. The van der Waals surface area contributed by atoms with Crippen LogP contribution in [-0.4, -0.2) is 78.4 Å². The lowest BCUT2D eigenvalue weighted by atomic mass is 9.44.